The van der Waals surface area contributed by atoms with Crippen LogP contribution in [0.15, 0.2) is 0 Å². The van der Waals surface area contributed by atoms with E-state index in [1.54, 1.807) is 0 Å². The summed E-state index contributed by atoms with van der Waals surface area (Å²) in [5.74, 6) is 1.93. The molecule has 11 heteroatoms. The molecule has 2 atom stereocenters. The average molecular weight is 759 g/mol. The van der Waals surface area contributed by atoms with Crippen LogP contribution < -0.4 is 25.2 Å². The Kier molecular flexibility index (Phi) is 14.5. The number of hydrogen-bond donors (Lipinski definition) is 4. The van der Waals surface area contributed by atoms with Crippen molar-refractivity contribution in [3.8, 4) is 0 Å². The van der Waals surface area contributed by atoms with Crippen molar-refractivity contribution in [2.45, 2.75) is 231 Å². The van der Waals surface area contributed by atoms with E-state index in [2.05, 4.69) is 85.2 Å². The SMILES string of the molecule is CCCC[N+](OC1CCCCC1)(c1nc(NCCO)nc([N+](CCCC)(OC2CCCCC2)C2CC(C)(C)NC(C)(C)C2)n1)C1CC(C)(C)NC(C)(C)C1. The van der Waals surface area contributed by atoms with Crippen molar-refractivity contribution in [1.82, 2.24) is 34.9 Å². The summed E-state index contributed by atoms with van der Waals surface area (Å²) in [6.07, 6.45) is 19.8. The largest absolute Gasteiger partial charge is 0.395 e. The molecule has 4 N–H and O–H groups in total. The second-order valence-corrected chi connectivity index (χ2v) is 20.3. The van der Waals surface area contributed by atoms with E-state index in [0.29, 0.717) is 33.7 Å². The van der Waals surface area contributed by atoms with Crippen molar-refractivity contribution in [3.05, 3.63) is 0 Å². The van der Waals surface area contributed by atoms with Crippen LogP contribution in [0.5, 0.6) is 0 Å². The van der Waals surface area contributed by atoms with E-state index >= 15 is 0 Å². The third-order valence-electron chi connectivity index (χ3n) is 12.7. The number of nitrogens with zero attached hydrogens (tertiary/aromatic N) is 5. The highest BCUT2D eigenvalue weighted by atomic mass is 16.7. The van der Waals surface area contributed by atoms with Crippen molar-refractivity contribution >= 4 is 17.8 Å². The van der Waals surface area contributed by atoms with E-state index in [9.17, 15) is 5.11 Å². The maximum absolute atomic E-state index is 10.1. The van der Waals surface area contributed by atoms with Crippen molar-refractivity contribution in [2.24, 2.45) is 0 Å². The maximum atomic E-state index is 10.1. The Balaban J connectivity index is 1.79. The number of aliphatic hydroxyl groups excluding tert-OH is 1. The van der Waals surface area contributed by atoms with Gasteiger partial charge >= 0.3 is 11.9 Å². The molecule has 2 aliphatic carbocycles. The smallest absolute Gasteiger partial charge is 0.372 e. The van der Waals surface area contributed by atoms with Crippen LogP contribution in [0.3, 0.4) is 0 Å². The first-order valence-corrected chi connectivity index (χ1v) is 22.3. The molecular formula is C43H82N8O3+2. The summed E-state index contributed by atoms with van der Waals surface area (Å²) >= 11 is 0. The number of aliphatic hydroxyl groups is 1. The predicted octanol–water partition coefficient (Wildman–Crippen LogP) is 8.64. The summed E-state index contributed by atoms with van der Waals surface area (Å²) in [7, 11) is 0. The van der Waals surface area contributed by atoms with E-state index in [4.69, 9.17) is 24.6 Å². The molecule has 5 rings (SSSR count). The van der Waals surface area contributed by atoms with Crippen molar-refractivity contribution in [3.63, 3.8) is 0 Å². The highest BCUT2D eigenvalue weighted by Gasteiger charge is 2.57. The molecule has 2 saturated carbocycles. The number of piperidine rings is 2. The Morgan fingerprint density at radius 3 is 1.31 bits per heavy atom. The Morgan fingerprint density at radius 2 is 0.981 bits per heavy atom. The van der Waals surface area contributed by atoms with Crippen LogP contribution in [0.25, 0.3) is 0 Å². The highest BCUT2D eigenvalue weighted by Crippen LogP contribution is 2.44. The fourth-order valence-electron chi connectivity index (χ4n) is 11.0. The van der Waals surface area contributed by atoms with E-state index in [1.165, 1.54) is 38.5 Å². The fraction of sp³-hybridized carbons (Fsp3) is 0.930. The van der Waals surface area contributed by atoms with E-state index in [0.717, 1.165) is 90.1 Å². The van der Waals surface area contributed by atoms with Gasteiger partial charge in [-0.3, -0.25) is 0 Å². The molecule has 1 aromatic rings. The second kappa shape index (κ2) is 18.0. The van der Waals surface area contributed by atoms with Gasteiger partial charge in [-0.2, -0.15) is 9.68 Å². The Labute approximate surface area is 329 Å². The Hall–Kier alpha value is -1.47. The van der Waals surface area contributed by atoms with Gasteiger partial charge in [-0.05, 0) is 93.9 Å². The summed E-state index contributed by atoms with van der Waals surface area (Å²) in [5, 5.41) is 21.4. The van der Waals surface area contributed by atoms with Crippen LogP contribution in [0, 0.1) is 0 Å². The number of anilines is 1. The van der Waals surface area contributed by atoms with Crippen molar-refractivity contribution < 1.29 is 14.8 Å². The van der Waals surface area contributed by atoms with Gasteiger partial charge in [-0.15, -0.1) is 19.3 Å². The first kappa shape index (κ1) is 43.6. The van der Waals surface area contributed by atoms with Gasteiger partial charge in [0.05, 0.1) is 6.61 Å². The number of aromatic nitrogens is 3. The second-order valence-electron chi connectivity index (χ2n) is 20.3. The first-order chi connectivity index (χ1) is 25.5. The topological polar surface area (TPSA) is 113 Å². The lowest BCUT2D eigenvalue weighted by Crippen LogP contribution is -2.70. The van der Waals surface area contributed by atoms with Crippen LogP contribution in [0.2, 0.25) is 0 Å². The van der Waals surface area contributed by atoms with Crippen LogP contribution >= 0.6 is 0 Å². The standard InChI is InChI=1S/C43H82N8O3/c1-11-13-26-50(53-35-21-17-15-18-22-35,33-29-40(3,4)48-41(5,6)30-33)38-45-37(44-25-28-52)46-39(47-38)51(27-14-12-2,54-36-23-19-16-20-24-36)34-31-42(7,8)49-43(9,10)32-34/h33-36,48-49,52H,11-32H2,1-10H3,(H,44,45,46,47)/q+2. The minimum absolute atomic E-state index is 0.00743. The van der Waals surface area contributed by atoms with Gasteiger partial charge < -0.3 is 21.1 Å². The molecule has 11 nitrogen and oxygen atoms in total. The molecule has 4 aliphatic rings. The van der Waals surface area contributed by atoms with Gasteiger partial charge in [-0.1, -0.05) is 70.2 Å². The minimum atomic E-state index is -0.0941. The summed E-state index contributed by atoms with van der Waals surface area (Å²) in [6, 6.07) is 0.276. The number of quaternary nitrogens is 2. The van der Waals surface area contributed by atoms with Crippen LogP contribution in [-0.4, -0.2) is 92.7 Å². The normalized spacial score (nSPS) is 26.2. The Bertz CT molecular complexity index is 1200. The Morgan fingerprint density at radius 1 is 0.611 bits per heavy atom. The quantitative estimate of drug-likeness (QED) is 0.0916. The predicted molar refractivity (Wildman–Crippen MR) is 223 cm³/mol. The zero-order valence-electron chi connectivity index (χ0n) is 36.4. The number of nitrogens with one attached hydrogen (secondary N) is 3. The van der Waals surface area contributed by atoms with Gasteiger partial charge in [0.25, 0.3) is 0 Å². The molecule has 0 aromatic carbocycles. The van der Waals surface area contributed by atoms with E-state index < -0.39 is 0 Å². The molecule has 0 amide bonds. The maximum Gasteiger partial charge on any atom is 0.372 e. The molecule has 54 heavy (non-hydrogen) atoms. The van der Waals surface area contributed by atoms with Gasteiger partial charge in [0, 0.05) is 54.4 Å². The van der Waals surface area contributed by atoms with Crippen LogP contribution in [0.4, 0.5) is 17.8 Å². The lowest BCUT2D eigenvalue weighted by molar-refractivity contribution is -0.237. The van der Waals surface area contributed by atoms with Crippen molar-refractivity contribution in [1.29, 1.82) is 0 Å². The minimum Gasteiger partial charge on any atom is -0.395 e. The van der Waals surface area contributed by atoms with Gasteiger partial charge in [0.15, 0.2) is 0 Å². The molecule has 3 heterocycles. The van der Waals surface area contributed by atoms with Gasteiger partial charge in [0.2, 0.25) is 5.95 Å². The molecule has 2 aliphatic heterocycles. The summed E-state index contributed by atoms with van der Waals surface area (Å²) in [6.45, 7) is 25.3. The average Bonchev–Trinajstić information content (AvgIpc) is 3.09. The number of unbranched alkanes of at least 4 members (excludes halogenated alkanes) is 2. The number of rotatable bonds is 17. The zero-order valence-corrected chi connectivity index (χ0v) is 36.4. The summed E-state index contributed by atoms with van der Waals surface area (Å²) < 4.78 is 0.605. The van der Waals surface area contributed by atoms with E-state index in [1.807, 2.05) is 0 Å². The third kappa shape index (κ3) is 10.9. The zero-order chi connectivity index (χ0) is 39.3. The molecule has 1 aromatic heterocycles. The third-order valence-corrected chi connectivity index (χ3v) is 12.7. The van der Waals surface area contributed by atoms with E-state index in [-0.39, 0.29) is 53.1 Å². The number of hydrogen-bond acceptors (Lipinski definition) is 9. The van der Waals surface area contributed by atoms with Gasteiger partial charge in [0.1, 0.15) is 37.4 Å². The molecule has 2 unspecified atom stereocenters. The van der Waals surface area contributed by atoms with Crippen LogP contribution in [0.1, 0.15) is 185 Å². The number of hydroxylamine groups is 4. The highest BCUT2D eigenvalue weighted by molar-refractivity contribution is 5.42. The summed E-state index contributed by atoms with van der Waals surface area (Å²) in [4.78, 5) is 31.9. The molecule has 0 bridgehead atoms. The summed E-state index contributed by atoms with van der Waals surface area (Å²) in [5.41, 5.74) is -0.376. The lowest BCUT2D eigenvalue weighted by atomic mass is 9.78. The fourth-order valence-corrected chi connectivity index (χ4v) is 11.0. The van der Waals surface area contributed by atoms with Crippen LogP contribution in [-0.2, 0) is 9.68 Å². The lowest BCUT2D eigenvalue weighted by Gasteiger charge is -2.52. The monoisotopic (exact) mass is 759 g/mol. The molecule has 4 fully saturated rings. The van der Waals surface area contributed by atoms with Gasteiger partial charge in [-0.25, -0.2) is 0 Å². The first-order valence-electron chi connectivity index (χ1n) is 22.3. The van der Waals surface area contributed by atoms with Crippen molar-refractivity contribution in [2.75, 3.05) is 31.6 Å². The molecule has 0 radical (unpaired) electrons. The molecule has 2 saturated heterocycles. The molecule has 0 spiro atoms. The molecule has 310 valence electrons. The molecular weight excluding hydrogens is 677 g/mol.